The van der Waals surface area contributed by atoms with Gasteiger partial charge in [0, 0.05) is 19.1 Å². The van der Waals surface area contributed by atoms with Crippen LogP contribution < -0.4 is 4.48 Å². The minimum Gasteiger partial charge on any atom is -0.233 e. The van der Waals surface area contributed by atoms with Gasteiger partial charge >= 0.3 is 6.41 Å². The van der Waals surface area contributed by atoms with Crippen LogP contribution in [0.5, 0.6) is 0 Å². The van der Waals surface area contributed by atoms with Crippen molar-refractivity contribution in [2.75, 3.05) is 6.54 Å². The third kappa shape index (κ3) is 1.53. The second-order valence-electron chi connectivity index (χ2n) is 3.73. The van der Waals surface area contributed by atoms with Gasteiger partial charge in [0.2, 0.25) is 0 Å². The van der Waals surface area contributed by atoms with Gasteiger partial charge in [-0.25, -0.2) is 4.79 Å². The maximum atomic E-state index is 11.4. The summed E-state index contributed by atoms with van der Waals surface area (Å²) in [5.41, 5.74) is 2.07. The summed E-state index contributed by atoms with van der Waals surface area (Å²) in [5, 5.41) is 0. The number of para-hydroxylation sites is 1. The summed E-state index contributed by atoms with van der Waals surface area (Å²) in [5.74, 6) is 0. The smallest absolute Gasteiger partial charge is 0.233 e. The first-order valence-corrected chi connectivity index (χ1v) is 5.03. The maximum absolute atomic E-state index is 11.4. The van der Waals surface area contributed by atoms with Gasteiger partial charge in [0.25, 0.3) is 0 Å². The fourth-order valence-electron chi connectivity index (χ4n) is 1.90. The lowest BCUT2D eigenvalue weighted by Gasteiger charge is -2.31. The lowest BCUT2D eigenvalue weighted by atomic mass is 10.1. The number of carbonyl (C=O) groups is 1. The molecule has 0 spiro atoms. The van der Waals surface area contributed by atoms with Crippen LogP contribution in [-0.2, 0) is 4.79 Å². The Morgan fingerprint density at radius 2 is 2.00 bits per heavy atom. The fraction of sp³-hybridized carbons (Fsp3) is 0.154. The van der Waals surface area contributed by atoms with E-state index in [1.807, 2.05) is 55.5 Å². The third-order valence-corrected chi connectivity index (χ3v) is 2.89. The van der Waals surface area contributed by atoms with Gasteiger partial charge < -0.3 is 0 Å². The normalized spacial score (nSPS) is 24.7. The molecule has 1 aliphatic rings. The Hall–Kier alpha value is -1.67. The van der Waals surface area contributed by atoms with Crippen molar-refractivity contribution in [3.8, 4) is 0 Å². The lowest BCUT2D eigenvalue weighted by molar-refractivity contribution is -0.115. The zero-order valence-electron chi connectivity index (χ0n) is 8.76. The van der Waals surface area contributed by atoms with Gasteiger partial charge in [-0.2, -0.15) is 4.48 Å². The molecule has 0 N–H and O–H groups in total. The number of hydrogen-bond donors (Lipinski definition) is 0. The standard InChI is InChI=1S/C13H14NO/c1-12-7-5-6-10-14(12,11-15)13-8-3-2-4-9-13/h2-9,11H,10H2,1H3/q+1. The Labute approximate surface area is 89.7 Å². The first-order valence-electron chi connectivity index (χ1n) is 5.03. The fourth-order valence-corrected chi connectivity index (χ4v) is 1.90. The summed E-state index contributed by atoms with van der Waals surface area (Å²) in [6.07, 6.45) is 7.02. The minimum atomic E-state index is 0.289. The van der Waals surface area contributed by atoms with E-state index in [0.717, 1.165) is 17.8 Å². The predicted molar refractivity (Wildman–Crippen MR) is 62.1 cm³/mol. The monoisotopic (exact) mass is 200 g/mol. The van der Waals surface area contributed by atoms with Gasteiger partial charge in [0.1, 0.15) is 17.9 Å². The highest BCUT2D eigenvalue weighted by atomic mass is 16.1. The summed E-state index contributed by atoms with van der Waals surface area (Å²) >= 11 is 0. The predicted octanol–water partition coefficient (Wildman–Crippen LogP) is 2.62. The first-order chi connectivity index (χ1) is 7.29. The zero-order chi connectivity index (χ0) is 10.7. The van der Waals surface area contributed by atoms with Crippen molar-refractivity contribution in [1.29, 1.82) is 0 Å². The average molecular weight is 200 g/mol. The van der Waals surface area contributed by atoms with E-state index >= 15 is 0 Å². The van der Waals surface area contributed by atoms with Gasteiger partial charge in [-0.05, 0) is 12.2 Å². The van der Waals surface area contributed by atoms with Gasteiger partial charge in [-0.1, -0.05) is 24.3 Å². The van der Waals surface area contributed by atoms with E-state index in [4.69, 9.17) is 0 Å². The van der Waals surface area contributed by atoms with Crippen LogP contribution in [0.3, 0.4) is 0 Å². The molecule has 1 aliphatic heterocycles. The molecular formula is C13H14NO+. The van der Waals surface area contributed by atoms with E-state index in [1.165, 1.54) is 0 Å². The van der Waals surface area contributed by atoms with Crippen LogP contribution in [0.1, 0.15) is 6.92 Å². The average Bonchev–Trinajstić information content (AvgIpc) is 2.31. The van der Waals surface area contributed by atoms with Crippen molar-refractivity contribution in [2.24, 2.45) is 0 Å². The molecule has 1 aromatic rings. The molecule has 0 saturated carbocycles. The van der Waals surface area contributed by atoms with Crippen molar-refractivity contribution in [3.05, 3.63) is 54.3 Å². The molecule has 2 heteroatoms. The summed E-state index contributed by atoms with van der Waals surface area (Å²) < 4.78 is 0.289. The van der Waals surface area contributed by atoms with Crippen molar-refractivity contribution in [1.82, 2.24) is 4.48 Å². The highest BCUT2D eigenvalue weighted by molar-refractivity contribution is 5.74. The van der Waals surface area contributed by atoms with Gasteiger partial charge in [-0.3, -0.25) is 0 Å². The van der Waals surface area contributed by atoms with E-state index in [2.05, 4.69) is 0 Å². The first kappa shape index (κ1) is 9.87. The molecule has 76 valence electrons. The molecular weight excluding hydrogens is 186 g/mol. The SMILES string of the molecule is CC1=CC=CC[N+]1(C=O)c1ccccc1. The number of hydrogen-bond acceptors (Lipinski definition) is 1. The minimum absolute atomic E-state index is 0.289. The molecule has 1 heterocycles. The third-order valence-electron chi connectivity index (χ3n) is 2.89. The van der Waals surface area contributed by atoms with E-state index in [0.29, 0.717) is 6.54 Å². The maximum Gasteiger partial charge on any atom is 0.311 e. The van der Waals surface area contributed by atoms with Crippen molar-refractivity contribution < 1.29 is 4.79 Å². The number of quaternary nitrogens is 1. The van der Waals surface area contributed by atoms with Gasteiger partial charge in [0.05, 0.1) is 0 Å². The molecule has 1 amide bonds. The largest absolute Gasteiger partial charge is 0.311 e. The molecule has 0 aromatic heterocycles. The molecule has 0 fully saturated rings. The lowest BCUT2D eigenvalue weighted by Crippen LogP contribution is -2.47. The van der Waals surface area contributed by atoms with E-state index in [-0.39, 0.29) is 4.48 Å². The topological polar surface area (TPSA) is 17.1 Å². The van der Waals surface area contributed by atoms with Gasteiger partial charge in [-0.15, -0.1) is 0 Å². The summed E-state index contributed by atoms with van der Waals surface area (Å²) in [4.78, 5) is 11.4. The Morgan fingerprint density at radius 1 is 1.27 bits per heavy atom. The van der Waals surface area contributed by atoms with Crippen LogP contribution in [0.2, 0.25) is 0 Å². The summed E-state index contributed by atoms with van der Waals surface area (Å²) in [6.45, 7) is 2.70. The molecule has 1 unspecified atom stereocenters. The molecule has 2 nitrogen and oxygen atoms in total. The van der Waals surface area contributed by atoms with Crippen LogP contribution >= 0.6 is 0 Å². The van der Waals surface area contributed by atoms with E-state index in [1.54, 1.807) is 0 Å². The Bertz CT molecular complexity index is 419. The number of benzene rings is 1. The molecule has 0 saturated heterocycles. The number of carbonyl (C=O) groups excluding carboxylic acids is 1. The van der Waals surface area contributed by atoms with Crippen LogP contribution in [0, 0.1) is 0 Å². The Kier molecular flexibility index (Phi) is 2.52. The number of amides is 1. The Balaban J connectivity index is 2.52. The second-order valence-corrected chi connectivity index (χ2v) is 3.73. The molecule has 0 bridgehead atoms. The van der Waals surface area contributed by atoms with Crippen molar-refractivity contribution in [2.45, 2.75) is 6.92 Å². The van der Waals surface area contributed by atoms with Gasteiger partial charge in [0.15, 0.2) is 0 Å². The second kappa shape index (κ2) is 3.83. The van der Waals surface area contributed by atoms with Crippen LogP contribution in [0.25, 0.3) is 0 Å². The quantitative estimate of drug-likeness (QED) is 0.530. The Morgan fingerprint density at radius 3 is 2.60 bits per heavy atom. The van der Waals surface area contributed by atoms with E-state index in [9.17, 15) is 4.79 Å². The number of nitrogens with zero attached hydrogens (tertiary/aromatic N) is 1. The van der Waals surface area contributed by atoms with Crippen LogP contribution in [-0.4, -0.2) is 13.0 Å². The molecule has 1 aromatic carbocycles. The number of allylic oxidation sites excluding steroid dienone is 3. The molecule has 1 atom stereocenters. The van der Waals surface area contributed by atoms with E-state index < -0.39 is 0 Å². The van der Waals surface area contributed by atoms with Crippen molar-refractivity contribution in [3.63, 3.8) is 0 Å². The summed E-state index contributed by atoms with van der Waals surface area (Å²) in [6, 6.07) is 9.87. The highest BCUT2D eigenvalue weighted by Crippen LogP contribution is 2.28. The van der Waals surface area contributed by atoms with Crippen LogP contribution in [0.4, 0.5) is 5.69 Å². The summed E-state index contributed by atoms with van der Waals surface area (Å²) in [7, 11) is 0. The molecule has 15 heavy (non-hydrogen) atoms. The van der Waals surface area contributed by atoms with Crippen molar-refractivity contribution >= 4 is 12.1 Å². The molecule has 0 radical (unpaired) electrons. The number of rotatable bonds is 2. The highest BCUT2D eigenvalue weighted by Gasteiger charge is 2.32. The molecule has 2 rings (SSSR count). The zero-order valence-corrected chi connectivity index (χ0v) is 8.76. The molecule has 0 aliphatic carbocycles. The van der Waals surface area contributed by atoms with Crippen LogP contribution in [0.15, 0.2) is 54.3 Å².